The molecule has 0 spiro atoms. The highest BCUT2D eigenvalue weighted by molar-refractivity contribution is 9.10. The lowest BCUT2D eigenvalue weighted by atomic mass is 10.2. The van der Waals surface area contributed by atoms with Crippen molar-refractivity contribution in [1.29, 1.82) is 0 Å². The van der Waals surface area contributed by atoms with E-state index >= 15 is 0 Å². The molecule has 1 aromatic carbocycles. The Labute approximate surface area is 148 Å². The van der Waals surface area contributed by atoms with Gasteiger partial charge in [-0.05, 0) is 15.9 Å². The molecule has 0 atom stereocenters. The number of nitrogens with zero attached hydrogens (tertiary/aromatic N) is 2. The van der Waals surface area contributed by atoms with Crippen LogP contribution in [0.25, 0.3) is 0 Å². The van der Waals surface area contributed by atoms with Crippen LogP contribution in [-0.2, 0) is 19.1 Å². The van der Waals surface area contributed by atoms with Crippen molar-refractivity contribution in [3.05, 3.63) is 48.6 Å². The van der Waals surface area contributed by atoms with Gasteiger partial charge in [0.05, 0.1) is 20.4 Å². The van der Waals surface area contributed by atoms with Crippen LogP contribution in [0.2, 0.25) is 0 Å². The van der Waals surface area contributed by atoms with E-state index in [1.807, 2.05) is 0 Å². The number of carbonyl (C=O) groups excluding carboxylic acids is 2. The molecule has 1 aliphatic rings. The molecule has 1 aliphatic heterocycles. The van der Waals surface area contributed by atoms with Gasteiger partial charge in [0.25, 0.3) is 11.5 Å². The second-order valence-corrected chi connectivity index (χ2v) is 6.07. The number of nitrogens with one attached hydrogen (secondary N) is 1. The number of hydrogen-bond donors (Lipinski definition) is 1. The Morgan fingerprint density at radius 1 is 1.12 bits per heavy atom. The van der Waals surface area contributed by atoms with Gasteiger partial charge in [-0.3, -0.25) is 20.2 Å². The Bertz CT molecular complexity index is 811. The third kappa shape index (κ3) is 3.91. The van der Waals surface area contributed by atoms with Gasteiger partial charge in [-0.1, -0.05) is 0 Å². The lowest BCUT2D eigenvalue weighted by Gasteiger charge is -2.29. The first-order valence-electron chi connectivity index (χ1n) is 6.57. The van der Waals surface area contributed by atoms with Gasteiger partial charge in [-0.25, -0.2) is 9.59 Å². The predicted octanol–water partition coefficient (Wildman–Crippen LogP) is 2.40. The fourth-order valence-corrected chi connectivity index (χ4v) is 2.45. The van der Waals surface area contributed by atoms with Crippen molar-refractivity contribution in [3.8, 4) is 0 Å². The molecule has 0 aromatic heterocycles. The van der Waals surface area contributed by atoms with Crippen molar-refractivity contribution in [3.63, 3.8) is 0 Å². The molecule has 0 saturated carbocycles. The van der Waals surface area contributed by atoms with Crippen LogP contribution in [0.3, 0.4) is 0 Å². The molecular formula is C13H10BrN3O8. The Morgan fingerprint density at radius 3 is 2.16 bits per heavy atom. The number of rotatable bonds is 4. The van der Waals surface area contributed by atoms with Gasteiger partial charge in [0.2, 0.25) is 0 Å². The molecule has 1 aromatic rings. The van der Waals surface area contributed by atoms with Gasteiger partial charge < -0.3 is 14.8 Å². The van der Waals surface area contributed by atoms with E-state index in [2.05, 4.69) is 21.2 Å². The smallest absolute Gasteiger partial charge is 0.350 e. The number of hydrogen-bond acceptors (Lipinski definition) is 9. The van der Waals surface area contributed by atoms with Crippen molar-refractivity contribution in [2.24, 2.45) is 0 Å². The largest absolute Gasteiger partial charge is 0.419 e. The number of anilines is 1. The summed E-state index contributed by atoms with van der Waals surface area (Å²) in [5.74, 6) is -3.38. The minimum atomic E-state index is -1.43. The molecule has 2 rings (SSSR count). The highest BCUT2D eigenvalue weighted by Gasteiger charge is 2.39. The van der Waals surface area contributed by atoms with Crippen molar-refractivity contribution < 1.29 is 28.9 Å². The molecule has 1 saturated heterocycles. The zero-order valence-electron chi connectivity index (χ0n) is 12.8. The van der Waals surface area contributed by atoms with E-state index in [4.69, 9.17) is 9.47 Å². The molecule has 1 heterocycles. The van der Waals surface area contributed by atoms with Crippen molar-refractivity contribution in [1.82, 2.24) is 0 Å². The van der Waals surface area contributed by atoms with Crippen LogP contribution in [0.15, 0.2) is 28.4 Å². The molecule has 0 unspecified atom stereocenters. The summed E-state index contributed by atoms with van der Waals surface area (Å²) in [5.41, 5.74) is -1.83. The van der Waals surface area contributed by atoms with Crippen LogP contribution in [0, 0.1) is 20.2 Å². The van der Waals surface area contributed by atoms with Gasteiger partial charge in [0.1, 0.15) is 5.69 Å². The fourth-order valence-electron chi connectivity index (χ4n) is 1.89. The van der Waals surface area contributed by atoms with Crippen LogP contribution >= 0.6 is 15.9 Å². The molecular weight excluding hydrogens is 406 g/mol. The molecule has 0 bridgehead atoms. The van der Waals surface area contributed by atoms with E-state index in [0.717, 1.165) is 18.3 Å². The zero-order valence-corrected chi connectivity index (χ0v) is 14.4. The number of benzene rings is 1. The SMILES string of the molecule is CC1(C)OC(=O)C(=CNc2c(Br)cc([N+](=O)[O-])cc2[N+](=O)[O-])C(=O)O1. The maximum absolute atomic E-state index is 11.8. The van der Waals surface area contributed by atoms with Gasteiger partial charge in [-0.2, -0.15) is 0 Å². The van der Waals surface area contributed by atoms with E-state index in [1.165, 1.54) is 13.8 Å². The minimum absolute atomic E-state index is 0.0110. The van der Waals surface area contributed by atoms with Gasteiger partial charge in [0, 0.05) is 26.1 Å². The average Bonchev–Trinajstić information content (AvgIpc) is 2.45. The third-order valence-electron chi connectivity index (χ3n) is 2.94. The van der Waals surface area contributed by atoms with E-state index in [-0.39, 0.29) is 10.2 Å². The molecule has 1 fully saturated rings. The highest BCUT2D eigenvalue weighted by Crippen LogP contribution is 2.37. The van der Waals surface area contributed by atoms with E-state index < -0.39 is 44.5 Å². The lowest BCUT2D eigenvalue weighted by Crippen LogP contribution is -2.42. The molecule has 11 nitrogen and oxygen atoms in total. The monoisotopic (exact) mass is 415 g/mol. The van der Waals surface area contributed by atoms with Gasteiger partial charge in [0.15, 0.2) is 5.57 Å². The van der Waals surface area contributed by atoms with Crippen LogP contribution < -0.4 is 5.32 Å². The molecule has 132 valence electrons. The Kier molecular flexibility index (Phi) is 4.74. The Balaban J connectivity index is 2.41. The molecule has 1 N–H and O–H groups in total. The lowest BCUT2D eigenvalue weighted by molar-refractivity contribution is -0.393. The molecule has 0 amide bonds. The standard InChI is InChI=1S/C13H10BrN3O8/c1-13(2)24-11(18)7(12(19)25-13)5-15-10-8(14)3-6(16(20)21)4-9(10)17(22)23/h3-5,15H,1-2H3. The van der Waals surface area contributed by atoms with Crippen molar-refractivity contribution in [2.45, 2.75) is 19.6 Å². The second-order valence-electron chi connectivity index (χ2n) is 5.22. The van der Waals surface area contributed by atoms with Crippen LogP contribution in [-0.4, -0.2) is 27.6 Å². The Hall–Kier alpha value is -3.02. The number of esters is 2. The van der Waals surface area contributed by atoms with E-state index in [0.29, 0.717) is 0 Å². The molecule has 12 heteroatoms. The number of cyclic esters (lactones) is 2. The summed E-state index contributed by atoms with van der Waals surface area (Å²) < 4.78 is 9.75. The first kappa shape index (κ1) is 18.3. The summed E-state index contributed by atoms with van der Waals surface area (Å²) in [7, 11) is 0. The average molecular weight is 416 g/mol. The highest BCUT2D eigenvalue weighted by atomic mass is 79.9. The quantitative estimate of drug-likeness (QED) is 0.256. The summed E-state index contributed by atoms with van der Waals surface area (Å²) in [6.45, 7) is 2.73. The topological polar surface area (TPSA) is 151 Å². The number of non-ortho nitro benzene ring substituents is 1. The number of nitro groups is 2. The number of nitro benzene ring substituents is 2. The van der Waals surface area contributed by atoms with Gasteiger partial charge >= 0.3 is 17.6 Å². The number of ether oxygens (including phenoxy) is 2. The Morgan fingerprint density at radius 2 is 1.68 bits per heavy atom. The summed E-state index contributed by atoms with van der Waals surface area (Å²) in [5, 5.41) is 24.3. The normalized spacial score (nSPS) is 15.9. The first-order chi connectivity index (χ1) is 11.5. The summed E-state index contributed by atoms with van der Waals surface area (Å²) in [4.78, 5) is 43.9. The molecule has 0 radical (unpaired) electrons. The molecule has 0 aliphatic carbocycles. The maximum atomic E-state index is 11.8. The zero-order chi connectivity index (χ0) is 18.9. The van der Waals surface area contributed by atoms with Crippen molar-refractivity contribution >= 4 is 44.9 Å². The van der Waals surface area contributed by atoms with E-state index in [9.17, 15) is 29.8 Å². The third-order valence-corrected chi connectivity index (χ3v) is 3.56. The van der Waals surface area contributed by atoms with Gasteiger partial charge in [-0.15, -0.1) is 0 Å². The maximum Gasteiger partial charge on any atom is 0.350 e. The number of halogens is 1. The summed E-state index contributed by atoms with van der Waals surface area (Å²) >= 11 is 2.97. The second kappa shape index (κ2) is 6.47. The van der Waals surface area contributed by atoms with E-state index in [1.54, 1.807) is 0 Å². The van der Waals surface area contributed by atoms with Crippen LogP contribution in [0.1, 0.15) is 13.8 Å². The fraction of sp³-hybridized carbons (Fsp3) is 0.231. The van der Waals surface area contributed by atoms with Crippen molar-refractivity contribution in [2.75, 3.05) is 5.32 Å². The summed E-state index contributed by atoms with van der Waals surface area (Å²) in [6.07, 6.45) is 0.874. The minimum Gasteiger partial charge on any atom is -0.419 e. The predicted molar refractivity (Wildman–Crippen MR) is 85.4 cm³/mol. The van der Waals surface area contributed by atoms with Crippen LogP contribution in [0.5, 0.6) is 0 Å². The number of carbonyl (C=O) groups is 2. The summed E-state index contributed by atoms with van der Waals surface area (Å²) in [6, 6.07) is 1.78. The first-order valence-corrected chi connectivity index (χ1v) is 7.37. The molecule has 25 heavy (non-hydrogen) atoms. The van der Waals surface area contributed by atoms with Crippen LogP contribution in [0.4, 0.5) is 17.1 Å².